The number of carbonyl (C=O) groups is 2. The third-order valence-corrected chi connectivity index (χ3v) is 3.91. The topological polar surface area (TPSA) is 146 Å². The number of carboxylic acid groups (broad SMARTS) is 1. The van der Waals surface area contributed by atoms with Crippen molar-refractivity contribution in [3.05, 3.63) is 29.8 Å². The van der Waals surface area contributed by atoms with Gasteiger partial charge in [-0.05, 0) is 31.2 Å². The van der Waals surface area contributed by atoms with Crippen molar-refractivity contribution >= 4 is 11.8 Å². The van der Waals surface area contributed by atoms with Crippen LogP contribution >= 0.6 is 0 Å². The summed E-state index contributed by atoms with van der Waals surface area (Å²) in [6.45, 7) is 1.87. The van der Waals surface area contributed by atoms with E-state index in [2.05, 4.69) is 0 Å². The van der Waals surface area contributed by atoms with Crippen molar-refractivity contribution in [3.8, 4) is 5.75 Å². The predicted molar refractivity (Wildman–Crippen MR) is 84.2 cm³/mol. The molecule has 0 unspecified atom stereocenters. The molecular weight excluding hydrogens is 371 g/mol. The minimum absolute atomic E-state index is 0. The molecule has 1 aromatic rings. The molecule has 10 heteroatoms. The van der Waals surface area contributed by atoms with Crippen LogP contribution in [0.2, 0.25) is 0 Å². The fourth-order valence-corrected chi connectivity index (χ4v) is 2.44. The number of ether oxygens (including phenoxy) is 3. The molecular formula is C17H21NaO9. The summed E-state index contributed by atoms with van der Waals surface area (Å²) in [6, 6.07) is 6.65. The van der Waals surface area contributed by atoms with Gasteiger partial charge in [0.15, 0.2) is 12.1 Å². The number of hydrogen-bond acceptors (Lipinski definition) is 9. The van der Waals surface area contributed by atoms with E-state index in [1.807, 2.05) is 0 Å². The zero-order valence-corrected chi connectivity index (χ0v) is 17.1. The third-order valence-electron chi connectivity index (χ3n) is 3.91. The Hall–Kier alpha value is -1.04. The summed E-state index contributed by atoms with van der Waals surface area (Å²) < 4.78 is 15.8. The number of aliphatic hydroxyl groups excluding tert-OH is 3. The number of carboxylic acids is 1. The predicted octanol–water partition coefficient (Wildman–Crippen LogP) is -4.76. The molecule has 1 heterocycles. The molecule has 5 atom stereocenters. The minimum Gasteiger partial charge on any atom is -0.547 e. The molecule has 1 aliphatic rings. The van der Waals surface area contributed by atoms with Crippen molar-refractivity contribution in [2.24, 2.45) is 0 Å². The van der Waals surface area contributed by atoms with Gasteiger partial charge >= 0.3 is 29.6 Å². The summed E-state index contributed by atoms with van der Waals surface area (Å²) in [7, 11) is 0. The summed E-state index contributed by atoms with van der Waals surface area (Å²) in [6.07, 6.45) is -7.55. The number of rotatable bonds is 9. The van der Waals surface area contributed by atoms with E-state index in [9.17, 15) is 30.0 Å². The summed E-state index contributed by atoms with van der Waals surface area (Å²) >= 11 is 0. The van der Waals surface area contributed by atoms with E-state index in [1.165, 1.54) is 6.92 Å². The van der Waals surface area contributed by atoms with E-state index in [4.69, 9.17) is 14.2 Å². The minimum atomic E-state index is -2.07. The molecule has 1 saturated heterocycles. The Morgan fingerprint density at radius 3 is 2.37 bits per heavy atom. The second-order valence-corrected chi connectivity index (χ2v) is 5.87. The van der Waals surface area contributed by atoms with Crippen LogP contribution in [0.15, 0.2) is 24.3 Å². The second-order valence-electron chi connectivity index (χ2n) is 5.87. The quantitative estimate of drug-likeness (QED) is 0.214. The first-order valence-corrected chi connectivity index (χ1v) is 8.07. The molecule has 0 amide bonds. The average molecular weight is 392 g/mol. The zero-order valence-electron chi connectivity index (χ0n) is 15.1. The Morgan fingerprint density at radius 2 is 1.81 bits per heavy atom. The molecule has 0 bridgehead atoms. The molecule has 1 aliphatic heterocycles. The smallest absolute Gasteiger partial charge is 0.547 e. The van der Waals surface area contributed by atoms with Crippen LogP contribution in [0.5, 0.6) is 5.75 Å². The summed E-state index contributed by atoms with van der Waals surface area (Å²) in [5.74, 6) is -1.27. The zero-order chi connectivity index (χ0) is 19.3. The number of aliphatic carboxylic acids is 1. The maximum Gasteiger partial charge on any atom is 1.00 e. The number of benzene rings is 1. The van der Waals surface area contributed by atoms with E-state index < -0.39 is 36.7 Å². The van der Waals surface area contributed by atoms with Crippen LogP contribution in [0.3, 0.4) is 0 Å². The Labute approximate surface area is 178 Å². The van der Waals surface area contributed by atoms with Crippen LogP contribution in [-0.2, 0) is 14.3 Å². The number of hydrogen-bond donors (Lipinski definition) is 3. The monoisotopic (exact) mass is 392 g/mol. The maximum atomic E-state index is 11.2. The Balaban J connectivity index is 0.00000364. The largest absolute Gasteiger partial charge is 1.00 e. The van der Waals surface area contributed by atoms with Gasteiger partial charge < -0.3 is 39.4 Å². The first-order valence-electron chi connectivity index (χ1n) is 8.07. The SMILES string of the molecule is CC(=O)c1ccc(OCCCO[C@@H]2O[C@H]([C@H](O)C(=O)[O-])[C@H](O)[C@H]2O)cc1.[Na+]. The van der Waals surface area contributed by atoms with Crippen molar-refractivity contribution in [2.45, 2.75) is 44.1 Å². The van der Waals surface area contributed by atoms with E-state index in [0.29, 0.717) is 17.7 Å². The summed E-state index contributed by atoms with van der Waals surface area (Å²) in [4.78, 5) is 21.8. The molecule has 144 valence electrons. The molecule has 1 fully saturated rings. The molecule has 1 aromatic carbocycles. The molecule has 27 heavy (non-hydrogen) atoms. The van der Waals surface area contributed by atoms with Gasteiger partial charge in [0.05, 0.1) is 19.2 Å². The van der Waals surface area contributed by atoms with Crippen molar-refractivity contribution in [1.82, 2.24) is 0 Å². The van der Waals surface area contributed by atoms with Crippen LogP contribution in [0.1, 0.15) is 23.7 Å². The number of aliphatic hydroxyl groups is 3. The number of Topliss-reactive ketones (excluding diaryl/α,β-unsaturated/α-hetero) is 1. The molecule has 0 aliphatic carbocycles. The summed E-state index contributed by atoms with van der Waals surface area (Å²) in [5.41, 5.74) is 0.583. The first kappa shape index (κ1) is 24.0. The third kappa shape index (κ3) is 6.51. The fourth-order valence-electron chi connectivity index (χ4n) is 2.44. The van der Waals surface area contributed by atoms with Crippen LogP contribution in [0.25, 0.3) is 0 Å². The van der Waals surface area contributed by atoms with E-state index in [-0.39, 0.29) is 48.6 Å². The Kier molecular flexibility index (Phi) is 9.85. The van der Waals surface area contributed by atoms with Crippen LogP contribution < -0.4 is 39.4 Å². The van der Waals surface area contributed by atoms with Gasteiger partial charge in [-0.25, -0.2) is 0 Å². The van der Waals surface area contributed by atoms with Crippen LogP contribution in [0, 0.1) is 0 Å². The Morgan fingerprint density at radius 1 is 1.19 bits per heavy atom. The van der Waals surface area contributed by atoms with Crippen molar-refractivity contribution in [1.29, 1.82) is 0 Å². The van der Waals surface area contributed by atoms with Gasteiger partial charge in [-0.1, -0.05) is 0 Å². The van der Waals surface area contributed by atoms with Crippen LogP contribution in [-0.4, -0.2) is 71.0 Å². The molecule has 0 spiro atoms. The molecule has 2 rings (SSSR count). The van der Waals surface area contributed by atoms with Gasteiger partial charge in [0.2, 0.25) is 0 Å². The van der Waals surface area contributed by atoms with Gasteiger partial charge in [0, 0.05) is 12.0 Å². The van der Waals surface area contributed by atoms with Gasteiger partial charge in [0.25, 0.3) is 0 Å². The van der Waals surface area contributed by atoms with Crippen molar-refractivity contribution in [2.75, 3.05) is 13.2 Å². The fraction of sp³-hybridized carbons (Fsp3) is 0.529. The standard InChI is InChI=1S/C17H22O9.Na/c1-9(18)10-3-5-11(6-4-10)24-7-2-8-25-17-13(20)12(19)15(26-17)14(21)16(22)23;/h3-6,12-15,17,19-21H,2,7-8H2,1H3,(H,22,23);/q;+1/p-1/t12-,13-,14+,15+,17-;/m1./s1. The average Bonchev–Trinajstić information content (AvgIpc) is 2.89. The number of carbonyl (C=O) groups excluding carboxylic acids is 2. The first-order chi connectivity index (χ1) is 12.3. The van der Waals surface area contributed by atoms with E-state index in [0.717, 1.165) is 0 Å². The van der Waals surface area contributed by atoms with Crippen LogP contribution in [0.4, 0.5) is 0 Å². The molecule has 9 nitrogen and oxygen atoms in total. The van der Waals surface area contributed by atoms with E-state index in [1.54, 1.807) is 24.3 Å². The Bertz CT molecular complexity index is 621. The van der Waals surface area contributed by atoms with Gasteiger partial charge in [-0.2, -0.15) is 0 Å². The second kappa shape index (κ2) is 11.1. The maximum absolute atomic E-state index is 11.2. The van der Waals surface area contributed by atoms with Gasteiger partial charge in [-0.15, -0.1) is 0 Å². The summed E-state index contributed by atoms with van der Waals surface area (Å²) in [5, 5.41) is 39.5. The van der Waals surface area contributed by atoms with Crippen molar-refractivity contribution < 1.29 is 73.8 Å². The normalized spacial score (nSPS) is 25.5. The molecule has 0 radical (unpaired) electrons. The van der Waals surface area contributed by atoms with Crippen molar-refractivity contribution in [3.63, 3.8) is 0 Å². The van der Waals surface area contributed by atoms with Gasteiger partial charge in [-0.3, -0.25) is 4.79 Å². The molecule has 0 saturated carbocycles. The molecule has 3 N–H and O–H groups in total. The number of ketones is 1. The molecule has 0 aromatic heterocycles. The van der Waals surface area contributed by atoms with Gasteiger partial charge in [0.1, 0.15) is 30.2 Å². The van der Waals surface area contributed by atoms with E-state index >= 15 is 0 Å².